The number of hydrogen-bond acceptors (Lipinski definition) is 3. The number of ether oxygens (including phenoxy) is 1. The van der Waals surface area contributed by atoms with Crippen molar-refractivity contribution in [1.82, 2.24) is 5.32 Å². The monoisotopic (exact) mass is 235 g/mol. The molecule has 4 heteroatoms. The van der Waals surface area contributed by atoms with Crippen molar-refractivity contribution in [2.75, 3.05) is 6.61 Å². The maximum Gasteiger partial charge on any atom is 0.209 e. The summed E-state index contributed by atoms with van der Waals surface area (Å²) in [5.74, 6) is 0.0210. The Balaban J connectivity index is 2.49. The van der Waals surface area contributed by atoms with E-state index in [0.717, 1.165) is 0 Å². The third-order valence-corrected chi connectivity index (χ3v) is 2.33. The summed E-state index contributed by atoms with van der Waals surface area (Å²) < 4.78 is 5.37. The maximum atomic E-state index is 11.7. The van der Waals surface area contributed by atoms with Crippen LogP contribution in [0.3, 0.4) is 0 Å². The van der Waals surface area contributed by atoms with Crippen molar-refractivity contribution in [1.29, 1.82) is 0 Å². The summed E-state index contributed by atoms with van der Waals surface area (Å²) >= 11 is 0. The summed E-state index contributed by atoms with van der Waals surface area (Å²) in [4.78, 5) is 22.1. The van der Waals surface area contributed by atoms with E-state index in [-0.39, 0.29) is 18.3 Å². The molecule has 1 aromatic rings. The van der Waals surface area contributed by atoms with Crippen molar-refractivity contribution in [3.8, 4) is 0 Å². The topological polar surface area (TPSA) is 55.4 Å². The number of ketones is 1. The van der Waals surface area contributed by atoms with E-state index in [0.29, 0.717) is 12.0 Å². The number of Topliss-reactive ketones (excluding diaryl/α,β-unsaturated/α-hetero) is 1. The fourth-order valence-electron chi connectivity index (χ4n) is 1.37. The molecule has 0 aliphatic carbocycles. The van der Waals surface area contributed by atoms with E-state index in [1.54, 1.807) is 24.3 Å². The first kappa shape index (κ1) is 13.4. The van der Waals surface area contributed by atoms with Crippen LogP contribution >= 0.6 is 0 Å². The summed E-state index contributed by atoms with van der Waals surface area (Å²) in [6.07, 6.45) is 0.151. The minimum absolute atomic E-state index is 0.0340. The lowest BCUT2D eigenvalue weighted by molar-refractivity contribution is -0.114. The second-order valence-corrected chi connectivity index (χ2v) is 4.05. The Morgan fingerprint density at radius 3 is 2.53 bits per heavy atom. The van der Waals surface area contributed by atoms with Crippen molar-refractivity contribution >= 4 is 12.2 Å². The summed E-state index contributed by atoms with van der Waals surface area (Å²) in [6, 6.07) is 8.93. The van der Waals surface area contributed by atoms with Gasteiger partial charge >= 0.3 is 0 Å². The fourth-order valence-corrected chi connectivity index (χ4v) is 1.37. The fraction of sp³-hybridized carbons (Fsp3) is 0.385. The Labute approximate surface area is 101 Å². The number of carbonyl (C=O) groups excluding carboxylic acids is 2. The van der Waals surface area contributed by atoms with Gasteiger partial charge in [-0.1, -0.05) is 44.2 Å². The molecule has 1 unspecified atom stereocenters. The van der Waals surface area contributed by atoms with Crippen LogP contribution in [0.4, 0.5) is 0 Å². The summed E-state index contributed by atoms with van der Waals surface area (Å²) in [6.45, 7) is 3.79. The second kappa shape index (κ2) is 6.81. The molecule has 0 heterocycles. The van der Waals surface area contributed by atoms with Gasteiger partial charge in [-0.05, 0) is 5.92 Å². The summed E-state index contributed by atoms with van der Waals surface area (Å²) in [5, 5.41) is 2.53. The predicted octanol–water partition coefficient (Wildman–Crippen LogP) is 1.61. The van der Waals surface area contributed by atoms with Gasteiger partial charge in [-0.2, -0.15) is 0 Å². The molecule has 1 N–H and O–H groups in total. The molecule has 0 saturated carbocycles. The number of hydrogen-bond donors (Lipinski definition) is 1. The summed E-state index contributed by atoms with van der Waals surface area (Å²) in [7, 11) is 0. The van der Waals surface area contributed by atoms with Gasteiger partial charge < -0.3 is 10.1 Å². The zero-order chi connectivity index (χ0) is 12.7. The molecule has 0 bridgehead atoms. The minimum atomic E-state index is -0.430. The van der Waals surface area contributed by atoms with E-state index in [1.165, 1.54) is 0 Å². The van der Waals surface area contributed by atoms with Crippen LogP contribution < -0.4 is 5.32 Å². The van der Waals surface area contributed by atoms with E-state index < -0.39 is 6.23 Å². The van der Waals surface area contributed by atoms with Gasteiger partial charge in [0.1, 0.15) is 12.8 Å². The molecule has 92 valence electrons. The molecular formula is C13H17NO3. The molecule has 1 atom stereocenters. The highest BCUT2D eigenvalue weighted by Gasteiger charge is 2.14. The van der Waals surface area contributed by atoms with E-state index in [9.17, 15) is 9.59 Å². The number of rotatable bonds is 7. The molecule has 1 aromatic carbocycles. The molecule has 1 amide bonds. The van der Waals surface area contributed by atoms with E-state index in [1.807, 2.05) is 19.9 Å². The van der Waals surface area contributed by atoms with Crippen molar-refractivity contribution in [2.45, 2.75) is 20.1 Å². The smallest absolute Gasteiger partial charge is 0.209 e. The zero-order valence-electron chi connectivity index (χ0n) is 10.1. The van der Waals surface area contributed by atoms with Crippen molar-refractivity contribution in [3.05, 3.63) is 35.9 Å². The standard InChI is InChI=1S/C13H17NO3/c1-10(2)13(14-9-15)17-8-12(16)11-6-4-3-5-7-11/h3-7,9-10,13H,8H2,1-2H3,(H,14,15). The van der Waals surface area contributed by atoms with Crippen LogP contribution in [0.15, 0.2) is 30.3 Å². The number of carbonyl (C=O) groups is 2. The predicted molar refractivity (Wildman–Crippen MR) is 64.6 cm³/mol. The number of benzene rings is 1. The number of amides is 1. The Bertz CT molecular complexity index is 362. The SMILES string of the molecule is CC(C)C(NC=O)OCC(=O)c1ccccc1. The van der Waals surface area contributed by atoms with Gasteiger partial charge in [0.05, 0.1) is 0 Å². The Kier molecular flexibility index (Phi) is 5.36. The largest absolute Gasteiger partial charge is 0.350 e. The first-order valence-electron chi connectivity index (χ1n) is 5.54. The Morgan fingerprint density at radius 2 is 2.00 bits per heavy atom. The van der Waals surface area contributed by atoms with Gasteiger partial charge in [0, 0.05) is 5.56 Å². The van der Waals surface area contributed by atoms with Crippen molar-refractivity contribution < 1.29 is 14.3 Å². The molecule has 0 aliphatic heterocycles. The lowest BCUT2D eigenvalue weighted by atomic mass is 10.1. The highest BCUT2D eigenvalue weighted by Crippen LogP contribution is 2.05. The second-order valence-electron chi connectivity index (χ2n) is 4.05. The van der Waals surface area contributed by atoms with Crippen LogP contribution in [-0.2, 0) is 9.53 Å². The van der Waals surface area contributed by atoms with Crippen LogP contribution in [0.1, 0.15) is 24.2 Å². The first-order chi connectivity index (χ1) is 8.15. The molecule has 0 aliphatic rings. The zero-order valence-corrected chi connectivity index (χ0v) is 10.1. The highest BCUT2D eigenvalue weighted by molar-refractivity contribution is 5.97. The van der Waals surface area contributed by atoms with Gasteiger partial charge in [-0.25, -0.2) is 0 Å². The van der Waals surface area contributed by atoms with E-state index >= 15 is 0 Å². The Hall–Kier alpha value is -1.68. The van der Waals surface area contributed by atoms with Crippen LogP contribution in [0.5, 0.6) is 0 Å². The van der Waals surface area contributed by atoms with Gasteiger partial charge in [-0.3, -0.25) is 9.59 Å². The van der Waals surface area contributed by atoms with Crippen molar-refractivity contribution in [3.63, 3.8) is 0 Å². The lowest BCUT2D eigenvalue weighted by Gasteiger charge is -2.19. The quantitative estimate of drug-likeness (QED) is 0.444. The molecule has 0 fully saturated rings. The van der Waals surface area contributed by atoms with Crippen LogP contribution in [0, 0.1) is 5.92 Å². The van der Waals surface area contributed by atoms with Crippen LogP contribution in [0.2, 0.25) is 0 Å². The van der Waals surface area contributed by atoms with Crippen molar-refractivity contribution in [2.24, 2.45) is 5.92 Å². The molecule has 17 heavy (non-hydrogen) atoms. The lowest BCUT2D eigenvalue weighted by Crippen LogP contribution is -2.36. The molecule has 0 aromatic heterocycles. The van der Waals surface area contributed by atoms with Crippen LogP contribution in [0.25, 0.3) is 0 Å². The van der Waals surface area contributed by atoms with E-state index in [4.69, 9.17) is 4.74 Å². The number of nitrogens with one attached hydrogen (secondary N) is 1. The van der Waals surface area contributed by atoms with Crippen LogP contribution in [-0.4, -0.2) is 25.0 Å². The molecule has 1 rings (SSSR count). The minimum Gasteiger partial charge on any atom is -0.350 e. The molecule has 0 radical (unpaired) electrons. The average molecular weight is 235 g/mol. The van der Waals surface area contributed by atoms with Gasteiger partial charge in [-0.15, -0.1) is 0 Å². The molecule has 4 nitrogen and oxygen atoms in total. The summed E-state index contributed by atoms with van der Waals surface area (Å²) in [5.41, 5.74) is 0.612. The normalized spacial score (nSPS) is 12.2. The van der Waals surface area contributed by atoms with E-state index in [2.05, 4.69) is 5.32 Å². The maximum absolute atomic E-state index is 11.7. The average Bonchev–Trinajstić information content (AvgIpc) is 2.34. The van der Waals surface area contributed by atoms with Gasteiger partial charge in [0.25, 0.3) is 0 Å². The molecule has 0 spiro atoms. The Morgan fingerprint density at radius 1 is 1.35 bits per heavy atom. The first-order valence-corrected chi connectivity index (χ1v) is 5.54. The van der Waals surface area contributed by atoms with Gasteiger partial charge in [0.2, 0.25) is 6.41 Å². The third-order valence-electron chi connectivity index (χ3n) is 2.33. The highest BCUT2D eigenvalue weighted by atomic mass is 16.5. The third kappa shape index (κ3) is 4.36. The molecular weight excluding hydrogens is 218 g/mol. The van der Waals surface area contributed by atoms with Gasteiger partial charge in [0.15, 0.2) is 5.78 Å². The molecule has 0 saturated heterocycles.